The molecule has 7 heteroatoms. The molecular weight excluding hydrogens is 389 g/mol. The molecule has 0 amide bonds. The standard InChI is InChI=1S/C20H17Cl2NO4/c21-14-4-3-13(17(22)10-14)8-12-2-5-18-15(9-12)19(25)16(20(26)27)11-23(18)6-1-7-24/h2-5,9-11,24H,1,6-8H2,(H,26,27). The highest BCUT2D eigenvalue weighted by Gasteiger charge is 2.15. The van der Waals surface area contributed by atoms with Gasteiger partial charge in [-0.15, -0.1) is 0 Å². The summed E-state index contributed by atoms with van der Waals surface area (Å²) in [5.41, 5.74) is 1.50. The van der Waals surface area contributed by atoms with Gasteiger partial charge in [0.05, 0.1) is 5.52 Å². The van der Waals surface area contributed by atoms with Gasteiger partial charge in [0.1, 0.15) is 5.56 Å². The van der Waals surface area contributed by atoms with Crippen LogP contribution in [-0.4, -0.2) is 27.4 Å². The zero-order valence-electron chi connectivity index (χ0n) is 14.3. The van der Waals surface area contributed by atoms with Gasteiger partial charge in [-0.2, -0.15) is 0 Å². The van der Waals surface area contributed by atoms with E-state index in [0.29, 0.717) is 40.3 Å². The molecule has 1 aromatic heterocycles. The highest BCUT2D eigenvalue weighted by molar-refractivity contribution is 6.35. The second-order valence-electron chi connectivity index (χ2n) is 6.21. The first-order chi connectivity index (χ1) is 12.9. The van der Waals surface area contributed by atoms with Gasteiger partial charge in [-0.25, -0.2) is 4.79 Å². The van der Waals surface area contributed by atoms with Gasteiger partial charge in [0, 0.05) is 34.8 Å². The summed E-state index contributed by atoms with van der Waals surface area (Å²) in [6.45, 7) is 0.388. The van der Waals surface area contributed by atoms with Crippen LogP contribution < -0.4 is 5.43 Å². The summed E-state index contributed by atoms with van der Waals surface area (Å²) in [6, 6.07) is 10.6. The minimum Gasteiger partial charge on any atom is -0.477 e. The number of benzene rings is 2. The Bertz CT molecular complexity index is 1080. The maximum Gasteiger partial charge on any atom is 0.341 e. The number of aromatic carboxylic acids is 1. The Morgan fingerprint density at radius 3 is 2.56 bits per heavy atom. The van der Waals surface area contributed by atoms with Crippen LogP contribution in [0.4, 0.5) is 0 Å². The monoisotopic (exact) mass is 405 g/mol. The van der Waals surface area contributed by atoms with Crippen LogP contribution in [0.5, 0.6) is 0 Å². The quantitative estimate of drug-likeness (QED) is 0.649. The van der Waals surface area contributed by atoms with Crippen molar-refractivity contribution in [2.24, 2.45) is 0 Å². The van der Waals surface area contributed by atoms with Gasteiger partial charge >= 0.3 is 5.97 Å². The number of fused-ring (bicyclic) bond motifs is 1. The van der Waals surface area contributed by atoms with Crippen LogP contribution in [0.25, 0.3) is 10.9 Å². The van der Waals surface area contributed by atoms with E-state index < -0.39 is 11.4 Å². The van der Waals surface area contributed by atoms with E-state index in [1.54, 1.807) is 28.8 Å². The lowest BCUT2D eigenvalue weighted by molar-refractivity contribution is 0.0695. The molecule has 0 aliphatic rings. The van der Waals surface area contributed by atoms with E-state index >= 15 is 0 Å². The van der Waals surface area contributed by atoms with Crippen molar-refractivity contribution in [3.05, 3.63) is 79.6 Å². The molecule has 1 heterocycles. The number of aliphatic hydroxyl groups excluding tert-OH is 1. The van der Waals surface area contributed by atoms with Gasteiger partial charge in [-0.3, -0.25) is 4.79 Å². The van der Waals surface area contributed by atoms with Gasteiger partial charge in [0.15, 0.2) is 0 Å². The second-order valence-corrected chi connectivity index (χ2v) is 7.06. The van der Waals surface area contributed by atoms with Crippen molar-refractivity contribution in [3.8, 4) is 0 Å². The number of hydrogen-bond donors (Lipinski definition) is 2. The van der Waals surface area contributed by atoms with Crippen LogP contribution in [0.3, 0.4) is 0 Å². The SMILES string of the molecule is O=C(O)c1cn(CCCO)c2ccc(Cc3ccc(Cl)cc3Cl)cc2c1=O. The topological polar surface area (TPSA) is 79.5 Å². The van der Waals surface area contributed by atoms with Crippen LogP contribution in [-0.2, 0) is 13.0 Å². The Balaban J connectivity index is 2.11. The number of pyridine rings is 1. The fraction of sp³-hybridized carbons (Fsp3) is 0.200. The van der Waals surface area contributed by atoms with E-state index in [1.165, 1.54) is 6.20 Å². The number of aryl methyl sites for hydroxylation is 1. The van der Waals surface area contributed by atoms with Gasteiger partial charge < -0.3 is 14.8 Å². The zero-order chi connectivity index (χ0) is 19.6. The Labute approximate surface area is 165 Å². The average molecular weight is 406 g/mol. The normalized spacial score (nSPS) is 11.1. The molecule has 0 aliphatic carbocycles. The van der Waals surface area contributed by atoms with E-state index in [4.69, 9.17) is 28.3 Å². The molecule has 0 aliphatic heterocycles. The minimum atomic E-state index is -1.27. The van der Waals surface area contributed by atoms with Crippen LogP contribution in [0.1, 0.15) is 27.9 Å². The van der Waals surface area contributed by atoms with Crippen molar-refractivity contribution in [3.63, 3.8) is 0 Å². The summed E-state index contributed by atoms with van der Waals surface area (Å²) in [5, 5.41) is 19.8. The van der Waals surface area contributed by atoms with Crippen molar-refractivity contribution < 1.29 is 15.0 Å². The number of nitrogens with zero attached hydrogens (tertiary/aromatic N) is 1. The summed E-state index contributed by atoms with van der Waals surface area (Å²) in [7, 11) is 0. The molecule has 0 fully saturated rings. The predicted molar refractivity (Wildman–Crippen MR) is 106 cm³/mol. The highest BCUT2D eigenvalue weighted by Crippen LogP contribution is 2.24. The number of aromatic nitrogens is 1. The van der Waals surface area contributed by atoms with E-state index in [1.807, 2.05) is 12.1 Å². The lowest BCUT2D eigenvalue weighted by Crippen LogP contribution is -2.19. The number of carboxylic acids is 1. The first-order valence-electron chi connectivity index (χ1n) is 8.35. The fourth-order valence-corrected chi connectivity index (χ4v) is 3.49. The number of hydrogen-bond acceptors (Lipinski definition) is 3. The van der Waals surface area contributed by atoms with Gasteiger partial charge in [0.25, 0.3) is 0 Å². The van der Waals surface area contributed by atoms with E-state index in [2.05, 4.69) is 0 Å². The van der Waals surface area contributed by atoms with E-state index in [0.717, 1.165) is 11.1 Å². The molecule has 0 saturated carbocycles. The molecule has 27 heavy (non-hydrogen) atoms. The summed E-state index contributed by atoms with van der Waals surface area (Å²) < 4.78 is 1.69. The van der Waals surface area contributed by atoms with Crippen molar-refractivity contribution in [1.82, 2.24) is 4.57 Å². The zero-order valence-corrected chi connectivity index (χ0v) is 15.8. The summed E-state index contributed by atoms with van der Waals surface area (Å²) in [6.07, 6.45) is 2.27. The van der Waals surface area contributed by atoms with Crippen molar-refractivity contribution in [1.29, 1.82) is 0 Å². The number of halogens is 2. The fourth-order valence-electron chi connectivity index (χ4n) is 3.02. The second kappa shape index (κ2) is 8.13. The Kier molecular flexibility index (Phi) is 5.85. The molecule has 3 aromatic rings. The van der Waals surface area contributed by atoms with E-state index in [9.17, 15) is 14.7 Å². The number of carbonyl (C=O) groups is 1. The lowest BCUT2D eigenvalue weighted by atomic mass is 10.0. The highest BCUT2D eigenvalue weighted by atomic mass is 35.5. The first-order valence-corrected chi connectivity index (χ1v) is 9.10. The van der Waals surface area contributed by atoms with Crippen LogP contribution in [0, 0.1) is 0 Å². The molecule has 0 spiro atoms. The molecule has 3 rings (SSSR count). The van der Waals surface area contributed by atoms with Gasteiger partial charge in [0.2, 0.25) is 5.43 Å². The molecule has 0 radical (unpaired) electrons. The predicted octanol–water partition coefficient (Wildman–Crippen LogP) is 3.98. The molecule has 140 valence electrons. The third kappa shape index (κ3) is 4.16. The van der Waals surface area contributed by atoms with Crippen molar-refractivity contribution >= 4 is 40.1 Å². The number of aliphatic hydroxyl groups is 1. The average Bonchev–Trinajstić information content (AvgIpc) is 2.63. The number of carboxylic acid groups (broad SMARTS) is 1. The minimum absolute atomic E-state index is 0.0246. The molecule has 2 aromatic carbocycles. The maximum absolute atomic E-state index is 12.6. The Hall–Kier alpha value is -2.34. The van der Waals surface area contributed by atoms with Gasteiger partial charge in [-0.05, 0) is 48.2 Å². The third-order valence-electron chi connectivity index (χ3n) is 4.34. The molecule has 0 bridgehead atoms. The molecule has 2 N–H and O–H groups in total. The summed E-state index contributed by atoms with van der Waals surface area (Å²) in [5.74, 6) is -1.27. The van der Waals surface area contributed by atoms with Crippen LogP contribution in [0.2, 0.25) is 10.0 Å². The summed E-state index contributed by atoms with van der Waals surface area (Å²) in [4.78, 5) is 24.1. The van der Waals surface area contributed by atoms with Crippen molar-refractivity contribution in [2.75, 3.05) is 6.61 Å². The summed E-state index contributed by atoms with van der Waals surface area (Å²) >= 11 is 12.1. The maximum atomic E-state index is 12.6. The Morgan fingerprint density at radius 2 is 1.89 bits per heavy atom. The van der Waals surface area contributed by atoms with Gasteiger partial charge in [-0.1, -0.05) is 35.3 Å². The van der Waals surface area contributed by atoms with Crippen LogP contribution in [0.15, 0.2) is 47.4 Å². The molecule has 0 saturated heterocycles. The number of rotatable bonds is 6. The molecular formula is C20H17Cl2NO4. The van der Waals surface area contributed by atoms with Crippen LogP contribution >= 0.6 is 23.2 Å². The van der Waals surface area contributed by atoms with E-state index in [-0.39, 0.29) is 12.2 Å². The van der Waals surface area contributed by atoms with Crippen molar-refractivity contribution in [2.45, 2.75) is 19.4 Å². The lowest BCUT2D eigenvalue weighted by Gasteiger charge is -2.13. The first kappa shape index (κ1) is 19.4. The smallest absolute Gasteiger partial charge is 0.341 e. The molecule has 0 unspecified atom stereocenters. The largest absolute Gasteiger partial charge is 0.477 e. The molecule has 0 atom stereocenters. The third-order valence-corrected chi connectivity index (χ3v) is 4.93. The Morgan fingerprint density at radius 1 is 1.11 bits per heavy atom. The molecule has 5 nitrogen and oxygen atoms in total.